The average Bonchev–Trinajstić information content (AvgIpc) is 2.36. The smallest absolute Gasteiger partial charge is 0.339 e. The highest BCUT2D eigenvalue weighted by molar-refractivity contribution is 6.11. The van der Waals surface area contributed by atoms with Gasteiger partial charge in [-0.05, 0) is 19.1 Å². The molecule has 0 amide bonds. The molecule has 18 heavy (non-hydrogen) atoms. The predicted molar refractivity (Wildman–Crippen MR) is 63.1 cm³/mol. The molecule has 94 valence electrons. The number of carbonyl (C=O) groups is 3. The van der Waals surface area contributed by atoms with Crippen molar-refractivity contribution in [3.05, 3.63) is 48.2 Å². The van der Waals surface area contributed by atoms with Gasteiger partial charge in [0.2, 0.25) is 11.9 Å². The Kier molecular flexibility index (Phi) is 4.80. The third kappa shape index (κ3) is 3.55. The zero-order valence-electron chi connectivity index (χ0n) is 9.70. The lowest BCUT2D eigenvalue weighted by molar-refractivity contribution is -0.135. The highest BCUT2D eigenvalue weighted by atomic mass is 16.5. The zero-order chi connectivity index (χ0) is 13.5. The molecule has 0 aliphatic carbocycles. The summed E-state index contributed by atoms with van der Waals surface area (Å²) < 4.78 is 4.81. The molecule has 5 nitrogen and oxygen atoms in total. The first-order valence-electron chi connectivity index (χ1n) is 5.17. The maximum atomic E-state index is 11.7. The number of rotatable bonds is 5. The first-order valence-corrected chi connectivity index (χ1v) is 5.17. The van der Waals surface area contributed by atoms with E-state index in [1.807, 2.05) is 0 Å². The number of esters is 1. The molecule has 1 aromatic rings. The molecular formula is C13H12O5. The fourth-order valence-electron chi connectivity index (χ4n) is 1.25. The van der Waals surface area contributed by atoms with E-state index >= 15 is 0 Å². The third-order valence-electron chi connectivity index (χ3n) is 2.10. The summed E-state index contributed by atoms with van der Waals surface area (Å²) in [6, 6.07) is 8.00. The molecule has 1 unspecified atom stereocenters. The molecule has 1 rings (SSSR count). The monoisotopic (exact) mass is 248 g/mol. The van der Waals surface area contributed by atoms with Crippen molar-refractivity contribution >= 4 is 17.5 Å². The van der Waals surface area contributed by atoms with Gasteiger partial charge in [0, 0.05) is 6.08 Å². The SMILES string of the molecule is CC(=O)C(OC(=O)c1ccccc1)C(=O)/C=C\O. The van der Waals surface area contributed by atoms with Gasteiger partial charge in [-0.3, -0.25) is 9.59 Å². The molecule has 0 saturated heterocycles. The van der Waals surface area contributed by atoms with E-state index in [2.05, 4.69) is 0 Å². The van der Waals surface area contributed by atoms with Gasteiger partial charge in [0.25, 0.3) is 0 Å². The van der Waals surface area contributed by atoms with Crippen molar-refractivity contribution in [2.45, 2.75) is 13.0 Å². The van der Waals surface area contributed by atoms with Gasteiger partial charge in [0.15, 0.2) is 5.78 Å². The summed E-state index contributed by atoms with van der Waals surface area (Å²) >= 11 is 0. The van der Waals surface area contributed by atoms with Crippen LogP contribution in [0.15, 0.2) is 42.7 Å². The van der Waals surface area contributed by atoms with Crippen molar-refractivity contribution in [2.24, 2.45) is 0 Å². The predicted octanol–water partition coefficient (Wildman–Crippen LogP) is 1.44. The number of aliphatic hydroxyl groups is 1. The van der Waals surface area contributed by atoms with Crippen LogP contribution in [0, 0.1) is 0 Å². The summed E-state index contributed by atoms with van der Waals surface area (Å²) in [5.74, 6) is -2.16. The summed E-state index contributed by atoms with van der Waals surface area (Å²) in [7, 11) is 0. The molecule has 1 aromatic carbocycles. The number of hydrogen-bond donors (Lipinski definition) is 1. The highest BCUT2D eigenvalue weighted by Gasteiger charge is 2.26. The van der Waals surface area contributed by atoms with Gasteiger partial charge in [-0.1, -0.05) is 18.2 Å². The van der Waals surface area contributed by atoms with E-state index < -0.39 is 23.6 Å². The molecule has 0 heterocycles. The molecule has 5 heteroatoms. The van der Waals surface area contributed by atoms with Crippen molar-refractivity contribution in [2.75, 3.05) is 0 Å². The second-order valence-corrected chi connectivity index (χ2v) is 3.48. The molecule has 0 spiro atoms. The van der Waals surface area contributed by atoms with Gasteiger partial charge in [0.1, 0.15) is 0 Å². The Morgan fingerprint density at radius 2 is 1.83 bits per heavy atom. The summed E-state index contributed by atoms with van der Waals surface area (Å²) in [5, 5.41) is 8.47. The number of ketones is 2. The van der Waals surface area contributed by atoms with E-state index in [4.69, 9.17) is 9.84 Å². The van der Waals surface area contributed by atoms with Crippen molar-refractivity contribution < 1.29 is 24.2 Å². The van der Waals surface area contributed by atoms with E-state index in [-0.39, 0.29) is 5.56 Å². The van der Waals surface area contributed by atoms with Crippen molar-refractivity contribution in [3.8, 4) is 0 Å². The summed E-state index contributed by atoms with van der Waals surface area (Å²) in [4.78, 5) is 34.3. The average molecular weight is 248 g/mol. The minimum atomic E-state index is -1.53. The summed E-state index contributed by atoms with van der Waals surface area (Å²) in [6.45, 7) is 1.13. The fraction of sp³-hybridized carbons (Fsp3) is 0.154. The largest absolute Gasteiger partial charge is 0.515 e. The Labute approximate surface area is 104 Å². The molecule has 0 saturated carbocycles. The standard InChI is InChI=1S/C13H12O5/c1-9(15)12(11(16)7-8-14)18-13(17)10-5-3-2-4-6-10/h2-8,12,14H,1H3/b8-7-. The maximum Gasteiger partial charge on any atom is 0.339 e. The molecule has 1 N–H and O–H groups in total. The Morgan fingerprint density at radius 3 is 2.33 bits per heavy atom. The molecule has 0 aliphatic rings. The highest BCUT2D eigenvalue weighted by Crippen LogP contribution is 2.06. The van der Waals surface area contributed by atoms with E-state index in [1.54, 1.807) is 18.2 Å². The number of benzene rings is 1. The second kappa shape index (κ2) is 6.34. The van der Waals surface area contributed by atoms with E-state index in [0.29, 0.717) is 6.26 Å². The Balaban J connectivity index is 2.82. The van der Waals surface area contributed by atoms with Crippen LogP contribution < -0.4 is 0 Å². The van der Waals surface area contributed by atoms with Crippen LogP contribution in [-0.4, -0.2) is 28.7 Å². The van der Waals surface area contributed by atoms with Crippen molar-refractivity contribution in [3.63, 3.8) is 0 Å². The summed E-state index contributed by atoms with van der Waals surface area (Å²) in [5.41, 5.74) is 0.240. The van der Waals surface area contributed by atoms with E-state index in [1.165, 1.54) is 12.1 Å². The fourth-order valence-corrected chi connectivity index (χ4v) is 1.25. The molecule has 0 aliphatic heterocycles. The third-order valence-corrected chi connectivity index (χ3v) is 2.10. The lowest BCUT2D eigenvalue weighted by atomic mass is 10.1. The molecule has 0 bridgehead atoms. The van der Waals surface area contributed by atoms with Crippen molar-refractivity contribution in [1.82, 2.24) is 0 Å². The quantitative estimate of drug-likeness (QED) is 0.369. The van der Waals surface area contributed by atoms with E-state index in [0.717, 1.165) is 13.0 Å². The first kappa shape index (κ1) is 13.6. The molecule has 0 aromatic heterocycles. The molecule has 1 atom stereocenters. The topological polar surface area (TPSA) is 80.7 Å². The maximum absolute atomic E-state index is 11.7. The Hall–Kier alpha value is -2.43. The van der Waals surface area contributed by atoms with Crippen LogP contribution in [0.1, 0.15) is 17.3 Å². The number of hydrogen-bond acceptors (Lipinski definition) is 5. The van der Waals surface area contributed by atoms with Gasteiger partial charge in [-0.15, -0.1) is 0 Å². The van der Waals surface area contributed by atoms with Crippen LogP contribution in [0.2, 0.25) is 0 Å². The van der Waals surface area contributed by atoms with Gasteiger partial charge in [-0.2, -0.15) is 0 Å². The normalized spacial score (nSPS) is 12.1. The Bertz CT molecular complexity index is 475. The second-order valence-electron chi connectivity index (χ2n) is 3.48. The van der Waals surface area contributed by atoms with Gasteiger partial charge >= 0.3 is 5.97 Å². The van der Waals surface area contributed by atoms with Crippen LogP contribution in [0.25, 0.3) is 0 Å². The molecule has 0 fully saturated rings. The van der Waals surface area contributed by atoms with Crippen molar-refractivity contribution in [1.29, 1.82) is 0 Å². The van der Waals surface area contributed by atoms with Crippen LogP contribution in [0.5, 0.6) is 0 Å². The van der Waals surface area contributed by atoms with Gasteiger partial charge in [-0.25, -0.2) is 4.79 Å². The molecule has 0 radical (unpaired) electrons. The number of ether oxygens (including phenoxy) is 1. The van der Waals surface area contributed by atoms with Crippen LogP contribution in [0.3, 0.4) is 0 Å². The van der Waals surface area contributed by atoms with E-state index in [9.17, 15) is 14.4 Å². The lowest BCUT2D eigenvalue weighted by Crippen LogP contribution is -2.32. The van der Waals surface area contributed by atoms with Crippen LogP contribution in [0.4, 0.5) is 0 Å². The zero-order valence-corrected chi connectivity index (χ0v) is 9.70. The number of carbonyl (C=O) groups excluding carboxylic acids is 3. The minimum Gasteiger partial charge on any atom is -0.515 e. The van der Waals surface area contributed by atoms with Gasteiger partial charge < -0.3 is 9.84 Å². The number of Topliss-reactive ketones (excluding diaryl/α,β-unsaturated/α-hetero) is 1. The lowest BCUT2D eigenvalue weighted by Gasteiger charge is -2.11. The van der Waals surface area contributed by atoms with Gasteiger partial charge in [0.05, 0.1) is 11.8 Å². The molecular weight excluding hydrogens is 236 g/mol. The summed E-state index contributed by atoms with van der Waals surface area (Å²) in [6.07, 6.45) is -0.264. The Morgan fingerprint density at radius 1 is 1.22 bits per heavy atom. The minimum absolute atomic E-state index is 0.240. The number of aliphatic hydroxyl groups excluding tert-OH is 1. The van der Waals surface area contributed by atoms with Crippen LogP contribution >= 0.6 is 0 Å². The van der Waals surface area contributed by atoms with Crippen LogP contribution in [-0.2, 0) is 14.3 Å². The first-order chi connectivity index (χ1) is 8.56.